The van der Waals surface area contributed by atoms with E-state index in [0.717, 1.165) is 25.0 Å². The zero-order valence-electron chi connectivity index (χ0n) is 12.4. The van der Waals surface area contributed by atoms with E-state index in [2.05, 4.69) is 13.8 Å². The highest BCUT2D eigenvalue weighted by atomic mass is 32.2. The van der Waals surface area contributed by atoms with E-state index in [1.165, 1.54) is 26.7 Å². The molecule has 1 atom stereocenters. The summed E-state index contributed by atoms with van der Waals surface area (Å²) in [4.78, 5) is 27.5. The fourth-order valence-electron chi connectivity index (χ4n) is 2.50. The number of hydrogen-bond acceptors (Lipinski definition) is 4. The van der Waals surface area contributed by atoms with Crippen LogP contribution in [0.4, 0.5) is 0 Å². The Hall–Kier alpha value is -1.01. The number of thiophene rings is 1. The number of thioether (sulfide) groups is 1. The first kappa shape index (κ1) is 16.4. The van der Waals surface area contributed by atoms with Crippen molar-refractivity contribution in [3.8, 4) is 0 Å². The van der Waals surface area contributed by atoms with Crippen molar-refractivity contribution in [3.05, 3.63) is 21.4 Å². The number of aryl methyl sites for hydroxylation is 2. The average molecular weight is 327 g/mol. The van der Waals surface area contributed by atoms with Gasteiger partial charge in [0.15, 0.2) is 0 Å². The number of carboxylic acids is 1. The van der Waals surface area contributed by atoms with Gasteiger partial charge in [0.2, 0.25) is 0 Å². The molecule has 1 aromatic heterocycles. The van der Waals surface area contributed by atoms with Crippen molar-refractivity contribution in [2.24, 2.45) is 0 Å². The maximum atomic E-state index is 12.7. The summed E-state index contributed by atoms with van der Waals surface area (Å²) in [6.07, 6.45) is 2.95. The molecule has 1 N–H and O–H groups in total. The van der Waals surface area contributed by atoms with Crippen LogP contribution in [0.5, 0.6) is 0 Å². The highest BCUT2D eigenvalue weighted by Crippen LogP contribution is 2.28. The van der Waals surface area contributed by atoms with Gasteiger partial charge in [-0.25, -0.2) is 4.79 Å². The lowest BCUT2D eigenvalue weighted by Gasteiger charge is -2.32. The lowest BCUT2D eigenvalue weighted by molar-refractivity contribution is -0.141. The SMILES string of the molecule is CCCc1sc(C(=O)N2CCSCC2C(=O)O)cc1CC. The number of rotatable bonds is 5. The van der Waals surface area contributed by atoms with Crippen LogP contribution in [-0.2, 0) is 17.6 Å². The van der Waals surface area contributed by atoms with Crippen LogP contribution in [0.1, 0.15) is 40.4 Å². The van der Waals surface area contributed by atoms with E-state index in [0.29, 0.717) is 17.2 Å². The average Bonchev–Trinajstić information content (AvgIpc) is 2.90. The molecule has 1 unspecified atom stereocenters. The molecule has 1 aromatic rings. The van der Waals surface area contributed by atoms with Gasteiger partial charge in [-0.05, 0) is 24.5 Å². The fraction of sp³-hybridized carbons (Fsp3) is 0.600. The summed E-state index contributed by atoms with van der Waals surface area (Å²) in [5.74, 6) is 0.263. The normalized spacial score (nSPS) is 18.8. The van der Waals surface area contributed by atoms with Crippen molar-refractivity contribution in [3.63, 3.8) is 0 Å². The first-order chi connectivity index (χ1) is 10.1. The number of carbonyl (C=O) groups excluding carboxylic acids is 1. The van der Waals surface area contributed by atoms with E-state index >= 15 is 0 Å². The summed E-state index contributed by atoms with van der Waals surface area (Å²) < 4.78 is 0. The number of carbonyl (C=O) groups is 2. The molecule has 6 heteroatoms. The zero-order chi connectivity index (χ0) is 15.4. The maximum absolute atomic E-state index is 12.7. The summed E-state index contributed by atoms with van der Waals surface area (Å²) in [7, 11) is 0. The molecular formula is C15H21NO3S2. The molecule has 0 aliphatic carbocycles. The van der Waals surface area contributed by atoms with E-state index in [9.17, 15) is 14.7 Å². The quantitative estimate of drug-likeness (QED) is 0.903. The first-order valence-electron chi connectivity index (χ1n) is 7.31. The molecule has 4 nitrogen and oxygen atoms in total. The van der Waals surface area contributed by atoms with Gasteiger partial charge < -0.3 is 10.0 Å². The lowest BCUT2D eigenvalue weighted by Crippen LogP contribution is -2.50. The van der Waals surface area contributed by atoms with Gasteiger partial charge >= 0.3 is 5.97 Å². The highest BCUT2D eigenvalue weighted by Gasteiger charge is 2.33. The van der Waals surface area contributed by atoms with Gasteiger partial charge in [0, 0.05) is 22.9 Å². The number of carboxylic acid groups (broad SMARTS) is 1. The van der Waals surface area contributed by atoms with Crippen LogP contribution in [0, 0.1) is 0 Å². The molecule has 1 aliphatic rings. The Morgan fingerprint density at radius 3 is 2.81 bits per heavy atom. The van der Waals surface area contributed by atoms with Crippen molar-refractivity contribution in [1.29, 1.82) is 0 Å². The number of hydrogen-bond donors (Lipinski definition) is 1. The molecule has 21 heavy (non-hydrogen) atoms. The van der Waals surface area contributed by atoms with Gasteiger partial charge in [-0.2, -0.15) is 11.8 Å². The molecule has 0 bridgehead atoms. The van der Waals surface area contributed by atoms with Gasteiger partial charge in [-0.3, -0.25) is 4.79 Å². The molecule has 0 radical (unpaired) electrons. The molecule has 2 heterocycles. The lowest BCUT2D eigenvalue weighted by atomic mass is 10.1. The molecule has 0 spiro atoms. The van der Waals surface area contributed by atoms with E-state index in [-0.39, 0.29) is 5.91 Å². The van der Waals surface area contributed by atoms with E-state index in [4.69, 9.17) is 0 Å². The van der Waals surface area contributed by atoms with E-state index in [1.807, 2.05) is 6.07 Å². The Labute approximate surface area is 133 Å². The molecule has 0 aromatic carbocycles. The van der Waals surface area contributed by atoms with E-state index in [1.54, 1.807) is 11.8 Å². The predicted molar refractivity (Wildman–Crippen MR) is 87.5 cm³/mol. The Bertz CT molecular complexity index is 527. The van der Waals surface area contributed by atoms with Crippen LogP contribution in [0.3, 0.4) is 0 Å². The van der Waals surface area contributed by atoms with Gasteiger partial charge in [-0.1, -0.05) is 20.3 Å². The molecule has 1 amide bonds. The predicted octanol–water partition coefficient (Wildman–Crippen LogP) is 2.91. The van der Waals surface area contributed by atoms with Gasteiger partial charge in [0.05, 0.1) is 4.88 Å². The van der Waals surface area contributed by atoms with Crippen LogP contribution in [0.15, 0.2) is 6.07 Å². The Balaban J connectivity index is 2.23. The van der Waals surface area contributed by atoms with E-state index < -0.39 is 12.0 Å². The van der Waals surface area contributed by atoms with Gasteiger partial charge in [0.1, 0.15) is 6.04 Å². The molecular weight excluding hydrogens is 306 g/mol. The smallest absolute Gasteiger partial charge is 0.327 e. The summed E-state index contributed by atoms with van der Waals surface area (Å²) >= 11 is 3.13. The summed E-state index contributed by atoms with van der Waals surface area (Å²) in [5.41, 5.74) is 1.23. The van der Waals surface area contributed by atoms with Gasteiger partial charge in [-0.15, -0.1) is 11.3 Å². The zero-order valence-corrected chi connectivity index (χ0v) is 14.1. The second kappa shape index (κ2) is 7.31. The van der Waals surface area contributed by atoms with Crippen LogP contribution >= 0.6 is 23.1 Å². The largest absolute Gasteiger partial charge is 0.480 e. The number of aliphatic carboxylic acids is 1. The second-order valence-electron chi connectivity index (χ2n) is 5.09. The van der Waals surface area contributed by atoms with Crippen LogP contribution in [-0.4, -0.2) is 46.0 Å². The van der Waals surface area contributed by atoms with Crippen LogP contribution < -0.4 is 0 Å². The maximum Gasteiger partial charge on any atom is 0.327 e. The number of amides is 1. The van der Waals surface area contributed by atoms with Crippen molar-refractivity contribution in [2.45, 2.75) is 39.2 Å². The summed E-state index contributed by atoms with van der Waals surface area (Å²) in [5, 5.41) is 9.29. The third kappa shape index (κ3) is 3.61. The van der Waals surface area contributed by atoms with Crippen LogP contribution in [0.25, 0.3) is 0 Å². The molecule has 1 saturated heterocycles. The second-order valence-corrected chi connectivity index (χ2v) is 7.38. The summed E-state index contributed by atoms with van der Waals surface area (Å²) in [6, 6.07) is 1.26. The first-order valence-corrected chi connectivity index (χ1v) is 9.28. The Morgan fingerprint density at radius 1 is 1.43 bits per heavy atom. The van der Waals surface area contributed by atoms with Crippen molar-refractivity contribution >= 4 is 35.0 Å². The topological polar surface area (TPSA) is 57.6 Å². The molecule has 2 rings (SSSR count). The Kier molecular flexibility index (Phi) is 5.70. The van der Waals surface area contributed by atoms with Crippen molar-refractivity contribution < 1.29 is 14.7 Å². The Morgan fingerprint density at radius 2 is 2.19 bits per heavy atom. The monoisotopic (exact) mass is 327 g/mol. The third-order valence-corrected chi connectivity index (χ3v) is 5.89. The molecule has 0 saturated carbocycles. The molecule has 1 aliphatic heterocycles. The third-order valence-electron chi connectivity index (χ3n) is 3.64. The highest BCUT2D eigenvalue weighted by molar-refractivity contribution is 7.99. The number of nitrogens with zero attached hydrogens (tertiary/aromatic N) is 1. The summed E-state index contributed by atoms with van der Waals surface area (Å²) in [6.45, 7) is 4.74. The minimum absolute atomic E-state index is 0.121. The standard InChI is InChI=1S/C15H21NO3S2/c1-3-5-12-10(4-2)8-13(21-12)14(17)16-6-7-20-9-11(16)15(18)19/h8,11H,3-7,9H2,1-2H3,(H,18,19). The van der Waals surface area contributed by atoms with Gasteiger partial charge in [0.25, 0.3) is 5.91 Å². The molecule has 1 fully saturated rings. The van der Waals surface area contributed by atoms with Crippen LogP contribution in [0.2, 0.25) is 0 Å². The minimum atomic E-state index is -0.906. The molecule has 116 valence electrons. The fourth-order valence-corrected chi connectivity index (χ4v) is 4.85. The van der Waals surface area contributed by atoms with Crippen molar-refractivity contribution in [1.82, 2.24) is 4.90 Å². The van der Waals surface area contributed by atoms with Crippen molar-refractivity contribution in [2.75, 3.05) is 18.1 Å². The minimum Gasteiger partial charge on any atom is -0.480 e.